The summed E-state index contributed by atoms with van der Waals surface area (Å²) in [5, 5.41) is 6.81. The Bertz CT molecular complexity index is 744. The molecule has 2 N–H and O–H groups in total. The van der Waals surface area contributed by atoms with Crippen LogP contribution in [0.25, 0.3) is 10.6 Å². The molecule has 114 valence electrons. The van der Waals surface area contributed by atoms with Crippen LogP contribution in [-0.2, 0) is 4.79 Å². The summed E-state index contributed by atoms with van der Waals surface area (Å²) < 4.78 is 0. The highest BCUT2D eigenvalue weighted by Crippen LogP contribution is 2.29. The van der Waals surface area contributed by atoms with Gasteiger partial charge in [0.1, 0.15) is 15.9 Å². The molecule has 2 heterocycles. The monoisotopic (exact) mass is 335 g/mol. The smallest absolute Gasteiger partial charge is 0.263 e. The standard InChI is InChI=1S/C15H14ClN3O2S/c1-8-12(14(21)19-11-5-6-17-13(11)20)22-15(18-8)9-3-2-4-10(16)7-9/h2-4,7,11H,5-6H2,1H3,(H,17,20)(H,19,21)/t11-/m0/s1. The van der Waals surface area contributed by atoms with Crippen molar-refractivity contribution in [2.45, 2.75) is 19.4 Å². The lowest BCUT2D eigenvalue weighted by Gasteiger charge is -2.08. The molecule has 1 aliphatic rings. The van der Waals surface area contributed by atoms with Gasteiger partial charge in [0.05, 0.1) is 5.69 Å². The van der Waals surface area contributed by atoms with E-state index in [1.54, 1.807) is 13.0 Å². The summed E-state index contributed by atoms with van der Waals surface area (Å²) in [5.41, 5.74) is 1.52. The Hall–Kier alpha value is -1.92. The van der Waals surface area contributed by atoms with Crippen LogP contribution in [0, 0.1) is 6.92 Å². The van der Waals surface area contributed by atoms with Gasteiger partial charge in [0, 0.05) is 17.1 Å². The topological polar surface area (TPSA) is 71.1 Å². The van der Waals surface area contributed by atoms with Crippen molar-refractivity contribution in [3.05, 3.63) is 39.9 Å². The van der Waals surface area contributed by atoms with Crippen LogP contribution < -0.4 is 10.6 Å². The van der Waals surface area contributed by atoms with Crippen molar-refractivity contribution in [1.29, 1.82) is 0 Å². The second-order valence-electron chi connectivity index (χ2n) is 5.05. The number of thiazole rings is 1. The van der Waals surface area contributed by atoms with Crippen LogP contribution in [0.3, 0.4) is 0 Å². The molecular formula is C15H14ClN3O2S. The van der Waals surface area contributed by atoms with Gasteiger partial charge in [-0.1, -0.05) is 23.7 Å². The van der Waals surface area contributed by atoms with E-state index in [9.17, 15) is 9.59 Å². The second-order valence-corrected chi connectivity index (χ2v) is 6.49. The van der Waals surface area contributed by atoms with Crippen molar-refractivity contribution >= 4 is 34.8 Å². The van der Waals surface area contributed by atoms with E-state index >= 15 is 0 Å². The molecule has 1 saturated heterocycles. The number of aromatic nitrogens is 1. The lowest BCUT2D eigenvalue weighted by molar-refractivity contribution is -0.120. The van der Waals surface area contributed by atoms with Gasteiger partial charge in [-0.3, -0.25) is 9.59 Å². The molecule has 1 aliphatic heterocycles. The number of nitrogens with zero attached hydrogens (tertiary/aromatic N) is 1. The van der Waals surface area contributed by atoms with Crippen molar-refractivity contribution in [3.63, 3.8) is 0 Å². The Kier molecular flexibility index (Phi) is 4.13. The Morgan fingerprint density at radius 3 is 3.00 bits per heavy atom. The van der Waals surface area contributed by atoms with Gasteiger partial charge in [-0.05, 0) is 25.5 Å². The number of nitrogens with one attached hydrogen (secondary N) is 2. The van der Waals surface area contributed by atoms with Gasteiger partial charge >= 0.3 is 0 Å². The van der Waals surface area contributed by atoms with E-state index < -0.39 is 6.04 Å². The van der Waals surface area contributed by atoms with Gasteiger partial charge in [0.2, 0.25) is 5.91 Å². The zero-order valence-corrected chi connectivity index (χ0v) is 13.4. The summed E-state index contributed by atoms with van der Waals surface area (Å²) in [6.45, 7) is 2.38. The molecule has 5 nitrogen and oxygen atoms in total. The summed E-state index contributed by atoms with van der Waals surface area (Å²) >= 11 is 7.29. The molecular weight excluding hydrogens is 322 g/mol. The van der Waals surface area contributed by atoms with Gasteiger partial charge in [-0.25, -0.2) is 4.98 Å². The van der Waals surface area contributed by atoms with Crippen molar-refractivity contribution < 1.29 is 9.59 Å². The molecule has 0 radical (unpaired) electrons. The Morgan fingerprint density at radius 2 is 2.32 bits per heavy atom. The number of aryl methyl sites for hydroxylation is 1. The van der Waals surface area contributed by atoms with Crippen LogP contribution in [0.1, 0.15) is 21.8 Å². The summed E-state index contributed by atoms with van der Waals surface area (Å²) in [5.74, 6) is -0.393. The normalized spacial score (nSPS) is 17.4. The van der Waals surface area contributed by atoms with E-state index in [1.165, 1.54) is 11.3 Å². The summed E-state index contributed by atoms with van der Waals surface area (Å²) in [6.07, 6.45) is 0.615. The lowest BCUT2D eigenvalue weighted by atomic mass is 10.2. The van der Waals surface area contributed by atoms with Gasteiger partial charge < -0.3 is 10.6 Å². The second kappa shape index (κ2) is 6.06. The quantitative estimate of drug-likeness (QED) is 0.904. The van der Waals surface area contributed by atoms with Gasteiger partial charge in [0.15, 0.2) is 0 Å². The molecule has 0 aliphatic carbocycles. The van der Waals surface area contributed by atoms with Crippen LogP contribution in [0.2, 0.25) is 5.02 Å². The Balaban J connectivity index is 1.83. The van der Waals surface area contributed by atoms with Crippen LogP contribution in [0.4, 0.5) is 0 Å². The maximum atomic E-state index is 12.3. The lowest BCUT2D eigenvalue weighted by Crippen LogP contribution is -2.40. The minimum atomic E-state index is -0.455. The van der Waals surface area contributed by atoms with E-state index in [1.807, 2.05) is 18.2 Å². The summed E-state index contributed by atoms with van der Waals surface area (Å²) in [4.78, 5) is 28.8. The molecule has 1 fully saturated rings. The highest BCUT2D eigenvalue weighted by Gasteiger charge is 2.27. The SMILES string of the molecule is Cc1nc(-c2cccc(Cl)c2)sc1C(=O)N[C@H]1CCNC1=O. The maximum Gasteiger partial charge on any atom is 0.263 e. The van der Waals surface area contributed by atoms with Gasteiger partial charge in [-0.2, -0.15) is 0 Å². The van der Waals surface area contributed by atoms with Crippen molar-refractivity contribution in [2.24, 2.45) is 0 Å². The maximum absolute atomic E-state index is 12.3. The zero-order chi connectivity index (χ0) is 15.7. The highest BCUT2D eigenvalue weighted by atomic mass is 35.5. The van der Waals surface area contributed by atoms with E-state index in [4.69, 9.17) is 11.6 Å². The van der Waals surface area contributed by atoms with Gasteiger partial charge in [0.25, 0.3) is 5.91 Å². The fraction of sp³-hybridized carbons (Fsp3) is 0.267. The number of hydrogen-bond donors (Lipinski definition) is 2. The van der Waals surface area contributed by atoms with Crippen molar-refractivity contribution in [1.82, 2.24) is 15.6 Å². The number of carbonyl (C=O) groups excluding carboxylic acids is 2. The summed E-state index contributed by atoms with van der Waals surface area (Å²) in [7, 11) is 0. The number of benzene rings is 1. The van der Waals surface area contributed by atoms with E-state index in [2.05, 4.69) is 15.6 Å². The minimum Gasteiger partial charge on any atom is -0.354 e. The third-order valence-corrected chi connectivity index (χ3v) is 4.87. The third kappa shape index (κ3) is 2.98. The molecule has 0 unspecified atom stereocenters. The number of halogens is 1. The molecule has 3 rings (SSSR count). The molecule has 0 saturated carbocycles. The van der Waals surface area contributed by atoms with E-state index in [0.717, 1.165) is 10.6 Å². The van der Waals surface area contributed by atoms with Crippen LogP contribution >= 0.6 is 22.9 Å². The number of hydrogen-bond acceptors (Lipinski definition) is 4. The molecule has 0 bridgehead atoms. The minimum absolute atomic E-state index is 0.134. The third-order valence-electron chi connectivity index (χ3n) is 3.43. The van der Waals surface area contributed by atoms with Crippen molar-refractivity contribution in [3.8, 4) is 10.6 Å². The average molecular weight is 336 g/mol. The number of carbonyl (C=O) groups is 2. The van der Waals surface area contributed by atoms with Crippen molar-refractivity contribution in [2.75, 3.05) is 6.54 Å². The molecule has 1 aromatic carbocycles. The van der Waals surface area contributed by atoms with E-state index in [-0.39, 0.29) is 11.8 Å². The Labute approximate surface area is 136 Å². The molecule has 0 spiro atoms. The highest BCUT2D eigenvalue weighted by molar-refractivity contribution is 7.17. The molecule has 2 aromatic rings. The van der Waals surface area contributed by atoms with Crippen LogP contribution in [0.5, 0.6) is 0 Å². The first kappa shape index (κ1) is 15.0. The number of rotatable bonds is 3. The first-order valence-corrected chi connectivity index (χ1v) is 8.06. The average Bonchev–Trinajstić information content (AvgIpc) is 3.06. The molecule has 1 aromatic heterocycles. The fourth-order valence-electron chi connectivity index (χ4n) is 2.31. The predicted molar refractivity (Wildman–Crippen MR) is 86.2 cm³/mol. The van der Waals surface area contributed by atoms with Crippen LogP contribution in [-0.4, -0.2) is 29.4 Å². The fourth-order valence-corrected chi connectivity index (χ4v) is 3.46. The summed E-state index contributed by atoms with van der Waals surface area (Å²) in [6, 6.07) is 6.89. The first-order valence-electron chi connectivity index (χ1n) is 6.86. The first-order chi connectivity index (χ1) is 10.5. The zero-order valence-electron chi connectivity index (χ0n) is 11.9. The number of amides is 2. The Morgan fingerprint density at radius 1 is 1.50 bits per heavy atom. The molecule has 1 atom stereocenters. The van der Waals surface area contributed by atoms with E-state index in [0.29, 0.717) is 28.6 Å². The van der Waals surface area contributed by atoms with Gasteiger partial charge in [-0.15, -0.1) is 11.3 Å². The van der Waals surface area contributed by atoms with Crippen LogP contribution in [0.15, 0.2) is 24.3 Å². The molecule has 22 heavy (non-hydrogen) atoms. The largest absolute Gasteiger partial charge is 0.354 e. The predicted octanol–water partition coefficient (Wildman–Crippen LogP) is 2.39. The molecule has 2 amide bonds. The molecule has 7 heteroatoms.